The Labute approximate surface area is 257 Å². The van der Waals surface area contributed by atoms with E-state index in [9.17, 15) is 9.59 Å². The first kappa shape index (κ1) is 32.8. The van der Waals surface area contributed by atoms with Gasteiger partial charge in [-0.05, 0) is 65.8 Å². The zero-order chi connectivity index (χ0) is 30.6. The second kappa shape index (κ2) is 16.1. The van der Waals surface area contributed by atoms with Gasteiger partial charge in [0, 0.05) is 47.1 Å². The molecule has 3 N–H and O–H groups in total. The van der Waals surface area contributed by atoms with Crippen molar-refractivity contribution in [3.8, 4) is 18.1 Å². The highest BCUT2D eigenvalue weighted by molar-refractivity contribution is 6.32. The summed E-state index contributed by atoms with van der Waals surface area (Å²) in [5, 5.41) is 14.1. The molecule has 1 aromatic heterocycles. The fraction of sp³-hybridized carbons (Fsp3) is 0.353. The van der Waals surface area contributed by atoms with Gasteiger partial charge in [0.1, 0.15) is 5.75 Å². The molecule has 0 saturated heterocycles. The van der Waals surface area contributed by atoms with E-state index in [4.69, 9.17) is 39.5 Å². The van der Waals surface area contributed by atoms with Crippen LogP contribution in [0.3, 0.4) is 0 Å². The number of terminal acetylenes is 1. The van der Waals surface area contributed by atoms with E-state index in [1.54, 1.807) is 19.2 Å². The number of ether oxygens (including phenoxy) is 1. The molecule has 3 rings (SSSR count). The lowest BCUT2D eigenvalue weighted by molar-refractivity contribution is -0.136. The normalized spacial score (nSPS) is 13.7. The van der Waals surface area contributed by atoms with Crippen LogP contribution in [-0.2, 0) is 4.79 Å². The number of aliphatic carboxylic acids is 1. The van der Waals surface area contributed by atoms with Gasteiger partial charge in [-0.2, -0.15) is 0 Å². The summed E-state index contributed by atoms with van der Waals surface area (Å²) in [4.78, 5) is 26.9. The molecule has 2 atom stereocenters. The van der Waals surface area contributed by atoms with Crippen LogP contribution in [0.4, 0.5) is 0 Å². The summed E-state index contributed by atoms with van der Waals surface area (Å²) in [7, 11) is 1.60. The summed E-state index contributed by atoms with van der Waals surface area (Å²) in [5.74, 6) is 2.35. The van der Waals surface area contributed by atoms with Gasteiger partial charge in [-0.1, -0.05) is 55.6 Å². The third-order valence-electron chi connectivity index (χ3n) is 7.39. The van der Waals surface area contributed by atoms with Crippen molar-refractivity contribution in [2.45, 2.75) is 57.8 Å². The molecule has 0 spiro atoms. The highest BCUT2D eigenvalue weighted by Gasteiger charge is 2.29. The highest BCUT2D eigenvalue weighted by Crippen LogP contribution is 2.42. The number of aromatic amines is 1. The molecular formula is C34H38Cl2N2O4. The van der Waals surface area contributed by atoms with Crippen molar-refractivity contribution < 1.29 is 19.4 Å². The van der Waals surface area contributed by atoms with E-state index in [0.29, 0.717) is 28.6 Å². The lowest BCUT2D eigenvalue weighted by Gasteiger charge is -2.29. The first-order valence-electron chi connectivity index (χ1n) is 14.1. The van der Waals surface area contributed by atoms with Crippen molar-refractivity contribution in [3.63, 3.8) is 0 Å². The smallest absolute Gasteiger partial charge is 0.305 e. The predicted octanol–water partition coefficient (Wildman–Crippen LogP) is 6.20. The van der Waals surface area contributed by atoms with E-state index in [0.717, 1.165) is 52.1 Å². The maximum atomic E-state index is 12.6. The predicted molar refractivity (Wildman–Crippen MR) is 171 cm³/mol. The molecule has 42 heavy (non-hydrogen) atoms. The molecule has 1 heterocycles. The Kier molecular flexibility index (Phi) is 12.6. The van der Waals surface area contributed by atoms with Crippen LogP contribution in [0.15, 0.2) is 48.7 Å². The van der Waals surface area contributed by atoms with E-state index >= 15 is 0 Å². The molecule has 0 fully saturated rings. The zero-order valence-electron chi connectivity index (χ0n) is 24.3. The Hall–Kier alpha value is -3.66. The van der Waals surface area contributed by atoms with Crippen LogP contribution in [0.5, 0.6) is 5.75 Å². The zero-order valence-corrected chi connectivity index (χ0v) is 25.8. The number of carboxylic acids is 1. The van der Waals surface area contributed by atoms with Crippen LogP contribution in [0.1, 0.15) is 84.8 Å². The summed E-state index contributed by atoms with van der Waals surface area (Å²) in [6.07, 6.45) is 13.0. The van der Waals surface area contributed by atoms with Gasteiger partial charge < -0.3 is 20.1 Å². The maximum absolute atomic E-state index is 12.6. The number of hydrogen-bond acceptors (Lipinski definition) is 3. The molecule has 8 heteroatoms. The quantitative estimate of drug-likeness (QED) is 0.150. The van der Waals surface area contributed by atoms with Crippen LogP contribution in [0.25, 0.3) is 11.6 Å². The number of hydrogen-bond donors (Lipinski definition) is 3. The van der Waals surface area contributed by atoms with Crippen LogP contribution >= 0.6 is 23.2 Å². The molecule has 222 valence electrons. The number of methoxy groups -OCH3 is 1. The number of H-pyrrole nitrogens is 1. The number of rotatable bonds is 14. The van der Waals surface area contributed by atoms with Gasteiger partial charge in [0.05, 0.1) is 18.6 Å². The molecule has 0 saturated carbocycles. The minimum atomic E-state index is -0.958. The molecule has 0 aliphatic rings. The number of alkyl halides is 1. The van der Waals surface area contributed by atoms with E-state index in [1.165, 1.54) is 0 Å². The van der Waals surface area contributed by atoms with Crippen molar-refractivity contribution in [1.82, 2.24) is 10.3 Å². The van der Waals surface area contributed by atoms with Gasteiger partial charge in [-0.15, -0.1) is 23.9 Å². The monoisotopic (exact) mass is 608 g/mol. The number of carboxylic acid groups (broad SMARTS) is 1. The minimum absolute atomic E-state index is 0.0394. The van der Waals surface area contributed by atoms with E-state index in [1.807, 2.05) is 49.5 Å². The van der Waals surface area contributed by atoms with E-state index < -0.39 is 5.97 Å². The molecule has 6 nitrogen and oxygen atoms in total. The molecule has 1 amide bonds. The SMILES string of the molecule is C#CC/C(C)=c1/[nH]cc(C(c2ccc(OC)c(Cl)c2)C(CCCC)c2ccc(C(=O)NCCC(=O)O)cc2)/c1=C/CCl. The maximum Gasteiger partial charge on any atom is 0.305 e. The lowest BCUT2D eigenvalue weighted by atomic mass is 9.75. The van der Waals surface area contributed by atoms with Crippen molar-refractivity contribution >= 4 is 46.7 Å². The highest BCUT2D eigenvalue weighted by atomic mass is 35.5. The van der Waals surface area contributed by atoms with Gasteiger partial charge in [0.25, 0.3) is 5.91 Å². The first-order chi connectivity index (χ1) is 20.2. The van der Waals surface area contributed by atoms with Crippen LogP contribution in [0.2, 0.25) is 5.02 Å². The number of unbranched alkanes of at least 4 members (excludes halogenated alkanes) is 1. The first-order valence-corrected chi connectivity index (χ1v) is 15.0. The van der Waals surface area contributed by atoms with Crippen molar-refractivity contribution in [2.75, 3.05) is 19.5 Å². The molecule has 3 aromatic rings. The summed E-state index contributed by atoms with van der Waals surface area (Å²) in [6.45, 7) is 4.26. The number of carbonyl (C=O) groups excluding carboxylic acids is 1. The average molecular weight is 610 g/mol. The van der Waals surface area contributed by atoms with Gasteiger partial charge in [0.2, 0.25) is 0 Å². The number of carbonyl (C=O) groups is 2. The Morgan fingerprint density at radius 1 is 1.19 bits per heavy atom. The Bertz CT molecular complexity index is 1540. The van der Waals surface area contributed by atoms with Crippen molar-refractivity contribution in [3.05, 3.63) is 86.5 Å². The third kappa shape index (κ3) is 8.21. The number of nitrogens with one attached hydrogen (secondary N) is 2. The molecule has 2 unspecified atom stereocenters. The van der Waals surface area contributed by atoms with Gasteiger partial charge in [-0.3, -0.25) is 9.59 Å². The lowest BCUT2D eigenvalue weighted by Crippen LogP contribution is -2.30. The van der Waals surface area contributed by atoms with Gasteiger partial charge in [0.15, 0.2) is 0 Å². The Morgan fingerprint density at radius 2 is 1.90 bits per heavy atom. The number of halogens is 2. The van der Waals surface area contributed by atoms with Crippen LogP contribution in [-0.4, -0.2) is 41.5 Å². The third-order valence-corrected chi connectivity index (χ3v) is 7.84. The Balaban J connectivity index is 2.20. The van der Waals surface area contributed by atoms with E-state index in [2.05, 4.69) is 23.1 Å². The second-order valence-electron chi connectivity index (χ2n) is 10.2. The molecule has 2 aromatic carbocycles. The average Bonchev–Trinajstić information content (AvgIpc) is 3.38. The standard InChI is InChI=1S/C34H38Cl2N2O4/c1-5-7-9-26(23-10-12-24(13-11-23)34(41)37-19-17-31(39)40)32(25-14-15-30(42-4)29(36)20-25)28-21-38-33(22(3)8-6-2)27(28)16-18-35/h2,10-16,20-21,26,32,38H,5,7-9,17-19H2,1,3-4H3,(H,37,41)(H,39,40)/b27-16-,33-22+. The Morgan fingerprint density at radius 3 is 2.50 bits per heavy atom. The van der Waals surface area contributed by atoms with Crippen LogP contribution in [0, 0.1) is 12.3 Å². The summed E-state index contributed by atoms with van der Waals surface area (Å²) < 4.78 is 5.44. The fourth-order valence-corrected chi connectivity index (χ4v) is 5.74. The molecule has 0 aliphatic heterocycles. The number of benzene rings is 2. The molecule has 0 radical (unpaired) electrons. The van der Waals surface area contributed by atoms with Crippen molar-refractivity contribution in [2.24, 2.45) is 0 Å². The fourth-order valence-electron chi connectivity index (χ4n) is 5.32. The van der Waals surface area contributed by atoms with E-state index in [-0.39, 0.29) is 30.7 Å². The van der Waals surface area contributed by atoms with Gasteiger partial charge >= 0.3 is 5.97 Å². The molecular weight excluding hydrogens is 571 g/mol. The second-order valence-corrected chi connectivity index (χ2v) is 10.9. The van der Waals surface area contributed by atoms with Crippen LogP contribution < -0.4 is 20.6 Å². The molecule has 0 aliphatic carbocycles. The summed E-state index contributed by atoms with van der Waals surface area (Å²) in [5.41, 5.74) is 4.71. The van der Waals surface area contributed by atoms with Gasteiger partial charge in [-0.25, -0.2) is 0 Å². The molecule has 0 bridgehead atoms. The summed E-state index contributed by atoms with van der Waals surface area (Å²) in [6, 6.07) is 13.5. The number of aromatic nitrogens is 1. The van der Waals surface area contributed by atoms with Crippen molar-refractivity contribution in [1.29, 1.82) is 0 Å². The topological polar surface area (TPSA) is 91.4 Å². The minimum Gasteiger partial charge on any atom is -0.495 e. The number of amides is 1. The largest absolute Gasteiger partial charge is 0.495 e. The summed E-state index contributed by atoms with van der Waals surface area (Å²) >= 11 is 12.9.